The highest BCUT2D eigenvalue weighted by Crippen LogP contribution is 2.27. The molecule has 150 valence electrons. The van der Waals surface area contributed by atoms with E-state index in [2.05, 4.69) is 14.8 Å². The van der Waals surface area contributed by atoms with Crippen LogP contribution in [0.15, 0.2) is 53.4 Å². The van der Waals surface area contributed by atoms with Gasteiger partial charge in [0.25, 0.3) is 0 Å². The van der Waals surface area contributed by atoms with Gasteiger partial charge in [0.15, 0.2) is 0 Å². The van der Waals surface area contributed by atoms with E-state index in [-0.39, 0.29) is 6.54 Å². The summed E-state index contributed by atoms with van der Waals surface area (Å²) >= 11 is 1.42. The highest BCUT2D eigenvalue weighted by Gasteiger charge is 2.21. The van der Waals surface area contributed by atoms with Gasteiger partial charge in [-0.25, -0.2) is 31.4 Å². The first-order valence-electron chi connectivity index (χ1n) is 8.76. The number of halogens is 2. The lowest BCUT2D eigenvalue weighted by Crippen LogP contribution is -2.24. The molecule has 0 aliphatic rings. The van der Waals surface area contributed by atoms with Crippen molar-refractivity contribution in [1.82, 2.24) is 19.3 Å². The molecule has 0 amide bonds. The molecule has 29 heavy (non-hydrogen) atoms. The summed E-state index contributed by atoms with van der Waals surface area (Å²) in [5.41, 5.74) is 1.96. The zero-order chi connectivity index (χ0) is 20.6. The molecule has 0 unspecified atom stereocenters. The van der Waals surface area contributed by atoms with Gasteiger partial charge in [0, 0.05) is 11.6 Å². The summed E-state index contributed by atoms with van der Waals surface area (Å²) in [6.45, 7) is 1.83. The first kappa shape index (κ1) is 19.6. The van der Waals surface area contributed by atoms with Crippen molar-refractivity contribution in [3.8, 4) is 11.3 Å². The summed E-state index contributed by atoms with van der Waals surface area (Å²) < 4.78 is 56.1. The second-order valence-electron chi connectivity index (χ2n) is 6.25. The molecule has 10 heteroatoms. The standard InChI is InChI=1S/C19H16F2N4O2S2/c1-2-17-24-25-16(18(23-19(25)28-17)12-6-4-3-5-7-12)11-22-29(26,27)15-9-13(20)8-14(21)10-15/h3-10,22H,2,11H2,1H3. The van der Waals surface area contributed by atoms with Gasteiger partial charge in [-0.2, -0.15) is 5.10 Å². The van der Waals surface area contributed by atoms with Crippen molar-refractivity contribution in [3.05, 3.63) is 70.9 Å². The number of hydrogen-bond donors (Lipinski definition) is 1. The zero-order valence-electron chi connectivity index (χ0n) is 15.3. The molecule has 1 N–H and O–H groups in total. The molecule has 0 aliphatic carbocycles. The average molecular weight is 434 g/mol. The van der Waals surface area contributed by atoms with Crippen molar-refractivity contribution >= 4 is 26.3 Å². The van der Waals surface area contributed by atoms with E-state index in [1.165, 1.54) is 11.3 Å². The first-order valence-corrected chi connectivity index (χ1v) is 11.1. The number of fused-ring (bicyclic) bond motifs is 1. The van der Waals surface area contributed by atoms with Crippen LogP contribution in [-0.2, 0) is 23.0 Å². The van der Waals surface area contributed by atoms with E-state index in [4.69, 9.17) is 0 Å². The number of nitrogens with one attached hydrogen (secondary N) is 1. The van der Waals surface area contributed by atoms with Crippen LogP contribution in [0.1, 0.15) is 17.6 Å². The Hall–Kier alpha value is -2.69. The Labute approximate surface area is 169 Å². The van der Waals surface area contributed by atoms with Gasteiger partial charge in [-0.3, -0.25) is 0 Å². The number of aromatic nitrogens is 3. The summed E-state index contributed by atoms with van der Waals surface area (Å²) in [5, 5.41) is 5.36. The molecule has 0 atom stereocenters. The normalized spacial score (nSPS) is 12.0. The zero-order valence-corrected chi connectivity index (χ0v) is 16.9. The largest absolute Gasteiger partial charge is 0.241 e. The lowest BCUT2D eigenvalue weighted by Gasteiger charge is -2.08. The molecule has 6 nitrogen and oxygen atoms in total. The molecule has 2 heterocycles. The molecule has 0 fully saturated rings. The van der Waals surface area contributed by atoms with Gasteiger partial charge in [-0.05, 0) is 18.6 Å². The summed E-state index contributed by atoms with van der Waals surface area (Å²) in [5.74, 6) is -1.93. The van der Waals surface area contributed by atoms with Gasteiger partial charge in [0.2, 0.25) is 15.0 Å². The van der Waals surface area contributed by atoms with Crippen LogP contribution in [-0.4, -0.2) is 23.0 Å². The van der Waals surface area contributed by atoms with E-state index >= 15 is 0 Å². The Morgan fingerprint density at radius 3 is 2.45 bits per heavy atom. The maximum Gasteiger partial charge on any atom is 0.241 e. The van der Waals surface area contributed by atoms with Gasteiger partial charge in [0.1, 0.15) is 16.6 Å². The van der Waals surface area contributed by atoms with Crippen molar-refractivity contribution in [2.75, 3.05) is 0 Å². The smallest absolute Gasteiger partial charge is 0.217 e. The number of imidazole rings is 1. The maximum absolute atomic E-state index is 13.5. The second kappa shape index (κ2) is 7.62. The average Bonchev–Trinajstić information content (AvgIpc) is 3.24. The van der Waals surface area contributed by atoms with Crippen LogP contribution in [0, 0.1) is 11.6 Å². The molecular formula is C19H16F2N4O2S2. The fraction of sp³-hybridized carbons (Fsp3) is 0.158. The Kier molecular flexibility index (Phi) is 5.15. The van der Waals surface area contributed by atoms with Crippen LogP contribution in [0.25, 0.3) is 16.2 Å². The molecular weight excluding hydrogens is 418 g/mol. The predicted molar refractivity (Wildman–Crippen MR) is 106 cm³/mol. The van der Waals surface area contributed by atoms with Crippen molar-refractivity contribution < 1.29 is 17.2 Å². The van der Waals surface area contributed by atoms with Crippen LogP contribution in [0.3, 0.4) is 0 Å². The van der Waals surface area contributed by atoms with Gasteiger partial charge < -0.3 is 0 Å². The highest BCUT2D eigenvalue weighted by atomic mass is 32.2. The van der Waals surface area contributed by atoms with Crippen LogP contribution < -0.4 is 4.72 Å². The second-order valence-corrected chi connectivity index (χ2v) is 9.05. The van der Waals surface area contributed by atoms with Crippen LogP contribution in [0.5, 0.6) is 0 Å². The van der Waals surface area contributed by atoms with Crippen LogP contribution in [0.2, 0.25) is 0 Å². The number of nitrogens with zero attached hydrogens (tertiary/aromatic N) is 3. The Bertz CT molecular complexity index is 1260. The van der Waals surface area contributed by atoms with Crippen molar-refractivity contribution in [1.29, 1.82) is 0 Å². The van der Waals surface area contributed by atoms with Gasteiger partial charge >= 0.3 is 0 Å². The molecule has 0 bridgehead atoms. The van der Waals surface area contributed by atoms with Crippen molar-refractivity contribution in [2.24, 2.45) is 0 Å². The predicted octanol–water partition coefficient (Wildman–Crippen LogP) is 3.78. The molecule has 0 radical (unpaired) electrons. The molecule has 0 saturated carbocycles. The van der Waals surface area contributed by atoms with Crippen LogP contribution >= 0.6 is 11.3 Å². The molecule has 0 aliphatic heterocycles. The van der Waals surface area contributed by atoms with E-state index in [0.717, 1.165) is 29.1 Å². The Morgan fingerprint density at radius 2 is 1.79 bits per heavy atom. The minimum atomic E-state index is -4.14. The van der Waals surface area contributed by atoms with Crippen molar-refractivity contribution in [2.45, 2.75) is 24.8 Å². The van der Waals surface area contributed by atoms with Gasteiger partial charge in [-0.15, -0.1) is 0 Å². The third-order valence-electron chi connectivity index (χ3n) is 4.26. The molecule has 0 saturated heterocycles. The van der Waals surface area contributed by atoms with E-state index in [1.807, 2.05) is 37.3 Å². The first-order chi connectivity index (χ1) is 13.9. The quantitative estimate of drug-likeness (QED) is 0.501. The molecule has 4 aromatic rings. The fourth-order valence-corrected chi connectivity index (χ4v) is 4.77. The summed E-state index contributed by atoms with van der Waals surface area (Å²) in [7, 11) is -4.14. The number of rotatable bonds is 6. The minimum absolute atomic E-state index is 0.140. The lowest BCUT2D eigenvalue weighted by molar-refractivity contribution is 0.560. The lowest BCUT2D eigenvalue weighted by atomic mass is 10.1. The Morgan fingerprint density at radius 1 is 1.10 bits per heavy atom. The van der Waals surface area contributed by atoms with Gasteiger partial charge in [0.05, 0.1) is 22.8 Å². The molecule has 2 aromatic carbocycles. The van der Waals surface area contributed by atoms with E-state index in [0.29, 0.717) is 22.4 Å². The highest BCUT2D eigenvalue weighted by molar-refractivity contribution is 7.89. The summed E-state index contributed by atoms with van der Waals surface area (Å²) in [6, 6.07) is 11.5. The summed E-state index contributed by atoms with van der Waals surface area (Å²) in [4.78, 5) is 4.78. The summed E-state index contributed by atoms with van der Waals surface area (Å²) in [6.07, 6.45) is 0.725. The monoisotopic (exact) mass is 434 g/mol. The number of hydrogen-bond acceptors (Lipinski definition) is 5. The van der Waals surface area contributed by atoms with Crippen molar-refractivity contribution in [3.63, 3.8) is 0 Å². The van der Waals surface area contributed by atoms with Gasteiger partial charge in [-0.1, -0.05) is 48.6 Å². The number of benzene rings is 2. The third kappa shape index (κ3) is 3.91. The number of aryl methyl sites for hydroxylation is 1. The van der Waals surface area contributed by atoms with Crippen LogP contribution in [0.4, 0.5) is 8.78 Å². The molecule has 0 spiro atoms. The molecule has 2 aromatic heterocycles. The fourth-order valence-electron chi connectivity index (χ4n) is 2.89. The number of sulfonamides is 1. The SMILES string of the molecule is CCc1nn2c(CNS(=O)(=O)c3cc(F)cc(F)c3)c(-c3ccccc3)nc2s1. The maximum atomic E-state index is 13.5. The topological polar surface area (TPSA) is 76.4 Å². The molecule has 4 rings (SSSR count). The third-order valence-corrected chi connectivity index (χ3v) is 6.70. The van der Waals surface area contributed by atoms with E-state index in [9.17, 15) is 17.2 Å². The minimum Gasteiger partial charge on any atom is -0.217 e. The van der Waals surface area contributed by atoms with E-state index < -0.39 is 26.6 Å². The van der Waals surface area contributed by atoms with E-state index in [1.54, 1.807) is 4.52 Å². The Balaban J connectivity index is 1.73.